The van der Waals surface area contributed by atoms with E-state index in [1.165, 1.54) is 5.69 Å². The molecule has 0 fully saturated rings. The van der Waals surface area contributed by atoms with Gasteiger partial charge in [0.2, 0.25) is 0 Å². The van der Waals surface area contributed by atoms with Gasteiger partial charge in [-0.05, 0) is 49.0 Å². The molecule has 128 valence electrons. The molecular formula is C15H28BrIN4S. The van der Waals surface area contributed by atoms with Crippen LogP contribution in [0.4, 0.5) is 0 Å². The van der Waals surface area contributed by atoms with Crippen LogP contribution in [0.2, 0.25) is 0 Å². The van der Waals surface area contributed by atoms with Gasteiger partial charge in [-0.3, -0.25) is 4.99 Å². The number of nitrogens with one attached hydrogen (secondary N) is 1. The van der Waals surface area contributed by atoms with E-state index in [4.69, 9.17) is 4.99 Å². The van der Waals surface area contributed by atoms with Crippen LogP contribution in [0, 0.1) is 0 Å². The number of guanidine groups is 1. The molecule has 1 rings (SSSR count). The molecule has 1 aromatic heterocycles. The van der Waals surface area contributed by atoms with Crippen molar-refractivity contribution >= 4 is 57.6 Å². The summed E-state index contributed by atoms with van der Waals surface area (Å²) in [6.45, 7) is 9.05. The van der Waals surface area contributed by atoms with E-state index in [1.807, 2.05) is 11.8 Å². The first-order valence-electron chi connectivity index (χ1n) is 7.14. The molecule has 1 heterocycles. The Bertz CT molecular complexity index is 488. The summed E-state index contributed by atoms with van der Waals surface area (Å²) in [6.07, 6.45) is 4.21. The zero-order valence-electron chi connectivity index (χ0n) is 14.3. The first-order chi connectivity index (χ1) is 9.79. The number of halogens is 2. The molecule has 0 saturated carbocycles. The molecule has 0 amide bonds. The zero-order valence-corrected chi connectivity index (χ0v) is 19.0. The third-order valence-corrected chi connectivity index (χ3v) is 5.00. The predicted octanol–water partition coefficient (Wildman–Crippen LogP) is 3.94. The lowest BCUT2D eigenvalue weighted by Gasteiger charge is -2.25. The van der Waals surface area contributed by atoms with Crippen molar-refractivity contribution in [3.8, 4) is 0 Å². The molecule has 1 N–H and O–H groups in total. The summed E-state index contributed by atoms with van der Waals surface area (Å²) in [4.78, 5) is 6.95. The smallest absolute Gasteiger partial charge is 0.194 e. The lowest BCUT2D eigenvalue weighted by atomic mass is 10.2. The van der Waals surface area contributed by atoms with E-state index < -0.39 is 0 Å². The number of aliphatic imine (C=N–C) groups is 1. The maximum absolute atomic E-state index is 4.78. The van der Waals surface area contributed by atoms with Crippen molar-refractivity contribution in [1.29, 1.82) is 0 Å². The average Bonchev–Trinajstić information content (AvgIpc) is 2.72. The monoisotopic (exact) mass is 502 g/mol. The quantitative estimate of drug-likeness (QED) is 0.363. The summed E-state index contributed by atoms with van der Waals surface area (Å²) in [6, 6.07) is 2.14. The van der Waals surface area contributed by atoms with Gasteiger partial charge < -0.3 is 14.8 Å². The van der Waals surface area contributed by atoms with Crippen molar-refractivity contribution in [2.24, 2.45) is 12.0 Å². The highest BCUT2D eigenvalue weighted by molar-refractivity contribution is 14.0. The summed E-state index contributed by atoms with van der Waals surface area (Å²) < 4.78 is 3.41. The lowest BCUT2D eigenvalue weighted by Crippen LogP contribution is -2.39. The second kappa shape index (κ2) is 10.1. The summed E-state index contributed by atoms with van der Waals surface area (Å²) >= 11 is 5.36. The van der Waals surface area contributed by atoms with Crippen LogP contribution >= 0.6 is 51.7 Å². The lowest BCUT2D eigenvalue weighted by molar-refractivity contribution is 0.460. The molecule has 0 radical (unpaired) electrons. The fraction of sp³-hybridized carbons (Fsp3) is 0.667. The highest BCUT2D eigenvalue weighted by atomic mass is 127. The number of hydrogen-bond donors (Lipinski definition) is 1. The highest BCUT2D eigenvalue weighted by Gasteiger charge is 2.16. The van der Waals surface area contributed by atoms with Crippen LogP contribution in [-0.2, 0) is 13.6 Å². The van der Waals surface area contributed by atoms with Gasteiger partial charge in [0.25, 0.3) is 0 Å². The van der Waals surface area contributed by atoms with Gasteiger partial charge in [-0.25, -0.2) is 0 Å². The Labute approximate surface area is 164 Å². The molecule has 7 heteroatoms. The molecule has 0 bridgehead atoms. The Morgan fingerprint density at radius 1 is 1.50 bits per heavy atom. The van der Waals surface area contributed by atoms with Crippen LogP contribution in [0.15, 0.2) is 21.7 Å². The van der Waals surface area contributed by atoms with Crippen molar-refractivity contribution in [3.05, 3.63) is 22.4 Å². The molecule has 0 aliphatic rings. The normalized spacial score (nSPS) is 12.0. The predicted molar refractivity (Wildman–Crippen MR) is 114 cm³/mol. The average molecular weight is 503 g/mol. The van der Waals surface area contributed by atoms with E-state index in [1.54, 1.807) is 0 Å². The van der Waals surface area contributed by atoms with Crippen molar-refractivity contribution in [1.82, 2.24) is 14.8 Å². The summed E-state index contributed by atoms with van der Waals surface area (Å²) in [5, 5.41) is 3.37. The molecule has 4 nitrogen and oxygen atoms in total. The molecule has 0 aromatic carbocycles. The van der Waals surface area contributed by atoms with E-state index >= 15 is 0 Å². The summed E-state index contributed by atoms with van der Waals surface area (Å²) in [5.41, 5.74) is 1.25. The molecule has 22 heavy (non-hydrogen) atoms. The molecule has 0 unspecified atom stereocenters. The van der Waals surface area contributed by atoms with E-state index in [0.29, 0.717) is 0 Å². The van der Waals surface area contributed by atoms with Crippen LogP contribution in [0.5, 0.6) is 0 Å². The zero-order chi connectivity index (χ0) is 16.0. The third-order valence-electron chi connectivity index (χ3n) is 3.33. The van der Waals surface area contributed by atoms with E-state index in [-0.39, 0.29) is 28.7 Å². The largest absolute Gasteiger partial charge is 0.357 e. The van der Waals surface area contributed by atoms with Gasteiger partial charge in [0, 0.05) is 41.8 Å². The van der Waals surface area contributed by atoms with Crippen LogP contribution in [0.3, 0.4) is 0 Å². The SMILES string of the molecule is CCNC(=NCC(C)(C)SC)N(C)Cc1cc(Br)cn1C.I. The van der Waals surface area contributed by atoms with E-state index in [9.17, 15) is 0 Å². The van der Waals surface area contributed by atoms with Gasteiger partial charge in [-0.2, -0.15) is 11.8 Å². The number of nitrogens with zero attached hydrogens (tertiary/aromatic N) is 3. The van der Waals surface area contributed by atoms with Crippen molar-refractivity contribution in [2.45, 2.75) is 32.1 Å². The maximum atomic E-state index is 4.78. The van der Waals surface area contributed by atoms with E-state index in [2.05, 4.69) is 84.1 Å². The minimum Gasteiger partial charge on any atom is -0.357 e. The molecule has 0 saturated heterocycles. The standard InChI is InChI=1S/C15H27BrN4S.HI/c1-7-17-14(18-11-15(2,3)21-6)20(5)10-13-8-12(16)9-19(13)4;/h8-9H,7,10-11H2,1-6H3,(H,17,18);1H. The molecular weight excluding hydrogens is 475 g/mol. The first kappa shape index (κ1) is 22.1. The number of thioether (sulfide) groups is 1. The number of hydrogen-bond acceptors (Lipinski definition) is 2. The number of aryl methyl sites for hydroxylation is 1. The van der Waals surface area contributed by atoms with Gasteiger partial charge >= 0.3 is 0 Å². The van der Waals surface area contributed by atoms with Crippen molar-refractivity contribution < 1.29 is 0 Å². The molecule has 0 atom stereocenters. The van der Waals surface area contributed by atoms with Crippen LogP contribution in [0.25, 0.3) is 0 Å². The maximum Gasteiger partial charge on any atom is 0.194 e. The van der Waals surface area contributed by atoms with Gasteiger partial charge in [-0.1, -0.05) is 0 Å². The Morgan fingerprint density at radius 2 is 2.14 bits per heavy atom. The first-order valence-corrected chi connectivity index (χ1v) is 9.16. The highest BCUT2D eigenvalue weighted by Crippen LogP contribution is 2.21. The summed E-state index contributed by atoms with van der Waals surface area (Å²) in [7, 11) is 4.14. The second-order valence-corrected chi connectivity index (χ2v) is 8.18. The van der Waals surface area contributed by atoms with Gasteiger partial charge in [0.15, 0.2) is 5.96 Å². The molecule has 0 spiro atoms. The van der Waals surface area contributed by atoms with Gasteiger partial charge in [0.05, 0.1) is 13.1 Å². The minimum atomic E-state index is 0. The Hall–Kier alpha value is 0.110. The topological polar surface area (TPSA) is 32.6 Å². The van der Waals surface area contributed by atoms with Crippen molar-refractivity contribution in [2.75, 3.05) is 26.4 Å². The Balaban J connectivity index is 0.00000441. The van der Waals surface area contributed by atoms with Crippen LogP contribution in [0.1, 0.15) is 26.5 Å². The molecule has 1 aromatic rings. The van der Waals surface area contributed by atoms with Crippen molar-refractivity contribution in [3.63, 3.8) is 0 Å². The third kappa shape index (κ3) is 7.12. The van der Waals surface area contributed by atoms with Gasteiger partial charge in [-0.15, -0.1) is 24.0 Å². The Kier molecular flexibility index (Phi) is 10.1. The number of aromatic nitrogens is 1. The Morgan fingerprint density at radius 3 is 2.59 bits per heavy atom. The molecule has 0 aliphatic carbocycles. The van der Waals surface area contributed by atoms with Gasteiger partial charge in [0.1, 0.15) is 0 Å². The van der Waals surface area contributed by atoms with Crippen LogP contribution < -0.4 is 5.32 Å². The van der Waals surface area contributed by atoms with E-state index in [0.717, 1.165) is 30.1 Å². The fourth-order valence-electron chi connectivity index (χ4n) is 1.84. The van der Waals surface area contributed by atoms with Crippen LogP contribution in [-0.4, -0.2) is 46.6 Å². The number of rotatable bonds is 6. The molecule has 0 aliphatic heterocycles. The fourth-order valence-corrected chi connectivity index (χ4v) is 2.61. The minimum absolute atomic E-state index is 0. The summed E-state index contributed by atoms with van der Waals surface area (Å²) in [5.74, 6) is 0.956. The second-order valence-electron chi connectivity index (χ2n) is 5.75.